The van der Waals surface area contributed by atoms with E-state index in [1.165, 1.54) is 15.1 Å². The number of carbonyl (C=O) groups excluding carboxylic acids is 1. The van der Waals surface area contributed by atoms with Gasteiger partial charge in [-0.1, -0.05) is 5.21 Å². The topological polar surface area (TPSA) is 81.1 Å². The van der Waals surface area contributed by atoms with Crippen LogP contribution < -0.4 is 10.6 Å². The van der Waals surface area contributed by atoms with Crippen LogP contribution in [0.1, 0.15) is 23.5 Å². The van der Waals surface area contributed by atoms with Crippen LogP contribution in [0.3, 0.4) is 0 Å². The van der Waals surface area contributed by atoms with Gasteiger partial charge in [0.1, 0.15) is 6.10 Å². The molecule has 0 fully saturated rings. The fourth-order valence-corrected chi connectivity index (χ4v) is 3.33. The van der Waals surface area contributed by atoms with Crippen LogP contribution >= 0.6 is 11.3 Å². The number of nitrogens with one attached hydrogen (secondary N) is 2. The minimum atomic E-state index is -0.311. The van der Waals surface area contributed by atoms with Gasteiger partial charge < -0.3 is 10.1 Å². The summed E-state index contributed by atoms with van der Waals surface area (Å²) in [4.78, 5) is 13.3. The number of hydrogen-bond acceptors (Lipinski definition) is 5. The third-order valence-electron chi connectivity index (χ3n) is 3.37. The monoisotopic (exact) mass is 307 g/mol. The number of aromatic nitrogens is 3. The molecule has 2 aromatic rings. The normalized spacial score (nSPS) is 18.9. The maximum absolute atomic E-state index is 12.0. The van der Waals surface area contributed by atoms with E-state index in [1.54, 1.807) is 24.6 Å². The number of rotatable bonds is 3. The Labute approximate surface area is 126 Å². The first kappa shape index (κ1) is 14.0. The Morgan fingerprint density at radius 1 is 1.62 bits per heavy atom. The third-order valence-corrected chi connectivity index (χ3v) is 4.37. The molecule has 7 nitrogen and oxygen atoms in total. The molecule has 0 bridgehead atoms. The van der Waals surface area contributed by atoms with Crippen molar-refractivity contribution in [2.75, 3.05) is 11.9 Å². The van der Waals surface area contributed by atoms with Gasteiger partial charge in [0, 0.05) is 18.3 Å². The standard InChI is InChI=1S/C13H17N5O2S/c1-8(12-9-4-6-21-10(9)3-5-20-12)14-13(19)15-11-7-18(2)17-16-11/h4,6-8,12H,3,5H2,1-2H3,(H2,14,15,19). The number of carbonyl (C=O) groups is 1. The summed E-state index contributed by atoms with van der Waals surface area (Å²) in [6.45, 7) is 2.63. The number of ether oxygens (including phenoxy) is 1. The molecule has 3 heterocycles. The SMILES string of the molecule is CC(NC(=O)Nc1cn(C)nn1)C1OCCc2sccc21. The van der Waals surface area contributed by atoms with Gasteiger partial charge in [-0.05, 0) is 23.9 Å². The average molecular weight is 307 g/mol. The Morgan fingerprint density at radius 3 is 3.24 bits per heavy atom. The molecule has 0 aromatic carbocycles. The van der Waals surface area contributed by atoms with Crippen LogP contribution in [0, 0.1) is 0 Å². The van der Waals surface area contributed by atoms with E-state index < -0.39 is 0 Å². The van der Waals surface area contributed by atoms with E-state index in [2.05, 4.69) is 32.4 Å². The molecule has 2 atom stereocenters. The van der Waals surface area contributed by atoms with Gasteiger partial charge in [-0.2, -0.15) is 0 Å². The molecule has 2 unspecified atom stereocenters. The highest BCUT2D eigenvalue weighted by Crippen LogP contribution is 2.33. The molecular formula is C13H17N5O2S. The predicted octanol–water partition coefficient (Wildman–Crippen LogP) is 1.70. The van der Waals surface area contributed by atoms with Gasteiger partial charge in [0.15, 0.2) is 5.82 Å². The number of fused-ring (bicyclic) bond motifs is 1. The Bertz CT molecular complexity index is 638. The lowest BCUT2D eigenvalue weighted by Gasteiger charge is -2.29. The minimum absolute atomic E-state index is 0.104. The van der Waals surface area contributed by atoms with Crippen molar-refractivity contribution in [2.24, 2.45) is 7.05 Å². The number of urea groups is 1. The van der Waals surface area contributed by atoms with E-state index in [0.29, 0.717) is 12.4 Å². The van der Waals surface area contributed by atoms with Crippen molar-refractivity contribution in [3.63, 3.8) is 0 Å². The van der Waals surface area contributed by atoms with Gasteiger partial charge in [0.25, 0.3) is 0 Å². The van der Waals surface area contributed by atoms with Crippen LogP contribution in [0.2, 0.25) is 0 Å². The van der Waals surface area contributed by atoms with Crippen LogP contribution in [-0.4, -0.2) is 33.7 Å². The number of nitrogens with zero attached hydrogens (tertiary/aromatic N) is 3. The van der Waals surface area contributed by atoms with Gasteiger partial charge >= 0.3 is 6.03 Å². The summed E-state index contributed by atoms with van der Waals surface area (Å²) in [5.41, 5.74) is 1.18. The molecule has 0 saturated heterocycles. The lowest BCUT2D eigenvalue weighted by Crippen LogP contribution is -2.41. The summed E-state index contributed by atoms with van der Waals surface area (Å²) in [6, 6.07) is 1.63. The summed E-state index contributed by atoms with van der Waals surface area (Å²) in [5.74, 6) is 0.419. The van der Waals surface area contributed by atoms with E-state index in [4.69, 9.17) is 4.74 Å². The molecule has 2 aromatic heterocycles. The van der Waals surface area contributed by atoms with Crippen LogP contribution in [0.15, 0.2) is 17.6 Å². The Morgan fingerprint density at radius 2 is 2.48 bits per heavy atom. The highest BCUT2D eigenvalue weighted by atomic mass is 32.1. The summed E-state index contributed by atoms with van der Waals surface area (Å²) < 4.78 is 7.34. The fourth-order valence-electron chi connectivity index (χ4n) is 2.43. The predicted molar refractivity (Wildman–Crippen MR) is 79.3 cm³/mol. The summed E-state index contributed by atoms with van der Waals surface area (Å²) in [7, 11) is 1.74. The molecule has 8 heteroatoms. The first-order chi connectivity index (χ1) is 10.1. The molecule has 3 rings (SSSR count). The van der Waals surface area contributed by atoms with Crippen molar-refractivity contribution in [3.05, 3.63) is 28.1 Å². The zero-order valence-corrected chi connectivity index (χ0v) is 12.7. The molecule has 1 aliphatic rings. The molecule has 2 N–H and O–H groups in total. The Kier molecular flexibility index (Phi) is 3.89. The molecule has 0 aliphatic carbocycles. The van der Waals surface area contributed by atoms with E-state index in [-0.39, 0.29) is 18.2 Å². The second kappa shape index (κ2) is 5.82. The lowest BCUT2D eigenvalue weighted by atomic mass is 10.0. The third kappa shape index (κ3) is 3.06. The van der Waals surface area contributed by atoms with Crippen molar-refractivity contribution in [3.8, 4) is 0 Å². The summed E-state index contributed by atoms with van der Waals surface area (Å²) in [6.07, 6.45) is 2.48. The summed E-state index contributed by atoms with van der Waals surface area (Å²) >= 11 is 1.74. The molecule has 0 spiro atoms. The molecule has 0 radical (unpaired) electrons. The van der Waals surface area contributed by atoms with E-state index in [0.717, 1.165) is 6.42 Å². The first-order valence-corrected chi connectivity index (χ1v) is 7.63. The zero-order chi connectivity index (χ0) is 14.8. The minimum Gasteiger partial charge on any atom is -0.371 e. The van der Waals surface area contributed by atoms with Gasteiger partial charge in [0.05, 0.1) is 18.8 Å². The van der Waals surface area contributed by atoms with Gasteiger partial charge in [-0.25, -0.2) is 4.79 Å². The Balaban J connectivity index is 1.62. The van der Waals surface area contributed by atoms with Crippen molar-refractivity contribution >= 4 is 23.2 Å². The molecule has 1 aliphatic heterocycles. The van der Waals surface area contributed by atoms with E-state index >= 15 is 0 Å². The van der Waals surface area contributed by atoms with Crippen LogP contribution in [-0.2, 0) is 18.2 Å². The second-order valence-electron chi connectivity index (χ2n) is 5.01. The number of hydrogen-bond donors (Lipinski definition) is 2. The van der Waals surface area contributed by atoms with Crippen molar-refractivity contribution in [2.45, 2.75) is 25.5 Å². The maximum Gasteiger partial charge on any atom is 0.320 e. The van der Waals surface area contributed by atoms with Gasteiger partial charge in [0.2, 0.25) is 0 Å². The van der Waals surface area contributed by atoms with Crippen LogP contribution in [0.25, 0.3) is 0 Å². The smallest absolute Gasteiger partial charge is 0.320 e. The first-order valence-electron chi connectivity index (χ1n) is 6.75. The lowest BCUT2D eigenvalue weighted by molar-refractivity contribution is 0.0238. The highest BCUT2D eigenvalue weighted by molar-refractivity contribution is 7.10. The summed E-state index contributed by atoms with van der Waals surface area (Å²) in [5, 5.41) is 15.2. The van der Waals surface area contributed by atoms with Gasteiger partial charge in [-0.3, -0.25) is 10.00 Å². The second-order valence-corrected chi connectivity index (χ2v) is 6.01. The van der Waals surface area contributed by atoms with Crippen molar-refractivity contribution in [1.82, 2.24) is 20.3 Å². The van der Waals surface area contributed by atoms with Crippen molar-refractivity contribution in [1.29, 1.82) is 0 Å². The van der Waals surface area contributed by atoms with Crippen molar-refractivity contribution < 1.29 is 9.53 Å². The maximum atomic E-state index is 12.0. The van der Waals surface area contributed by atoms with Crippen LogP contribution in [0.5, 0.6) is 0 Å². The number of thiophene rings is 1. The molecule has 0 saturated carbocycles. The molecule has 2 amide bonds. The Hall–Kier alpha value is -1.93. The van der Waals surface area contributed by atoms with Gasteiger partial charge in [-0.15, -0.1) is 16.4 Å². The zero-order valence-electron chi connectivity index (χ0n) is 11.9. The van der Waals surface area contributed by atoms with E-state index in [9.17, 15) is 4.79 Å². The number of amides is 2. The largest absolute Gasteiger partial charge is 0.371 e. The van der Waals surface area contributed by atoms with Crippen LogP contribution in [0.4, 0.5) is 10.6 Å². The average Bonchev–Trinajstić information content (AvgIpc) is 3.06. The highest BCUT2D eigenvalue weighted by Gasteiger charge is 2.28. The fraction of sp³-hybridized carbons (Fsp3) is 0.462. The quantitative estimate of drug-likeness (QED) is 0.904. The molecule has 112 valence electrons. The van der Waals surface area contributed by atoms with E-state index in [1.807, 2.05) is 6.92 Å². The number of aryl methyl sites for hydroxylation is 1. The molecule has 21 heavy (non-hydrogen) atoms. The molecular weight excluding hydrogens is 290 g/mol. The number of anilines is 1.